The van der Waals surface area contributed by atoms with E-state index in [0.717, 1.165) is 0 Å². The molecule has 0 aromatic carbocycles. The molecule has 19 heavy (non-hydrogen) atoms. The van der Waals surface area contributed by atoms with Crippen LogP contribution >= 0.6 is 11.3 Å². The Labute approximate surface area is 116 Å². The van der Waals surface area contributed by atoms with Crippen LogP contribution in [0.5, 0.6) is 0 Å². The fraction of sp³-hybridized carbons (Fsp3) is 0.583. The average Bonchev–Trinajstić information content (AvgIpc) is 2.85. The minimum Gasteiger partial charge on any atom is -0.375 e. The van der Waals surface area contributed by atoms with E-state index >= 15 is 0 Å². The van der Waals surface area contributed by atoms with Gasteiger partial charge in [0.25, 0.3) is 5.91 Å². The van der Waals surface area contributed by atoms with E-state index in [1.807, 2.05) is 6.92 Å². The SMILES string of the molecule is CCNC(=O)C1CCN(C(=O)c2csc(N)n2)CC1. The van der Waals surface area contributed by atoms with Gasteiger partial charge < -0.3 is 16.0 Å². The van der Waals surface area contributed by atoms with Crippen molar-refractivity contribution in [3.05, 3.63) is 11.1 Å². The molecule has 1 fully saturated rings. The predicted octanol–water partition coefficient (Wildman–Crippen LogP) is 0.714. The highest BCUT2D eigenvalue weighted by Crippen LogP contribution is 2.20. The standard InChI is InChI=1S/C12H18N4O2S/c1-2-14-10(17)8-3-5-16(6-4-8)11(18)9-7-19-12(13)15-9/h7-8H,2-6H2,1H3,(H2,13,15)(H,14,17). The molecule has 7 heteroatoms. The van der Waals surface area contributed by atoms with Crippen molar-refractivity contribution in [2.24, 2.45) is 5.92 Å². The Morgan fingerprint density at radius 3 is 2.74 bits per heavy atom. The Hall–Kier alpha value is -1.63. The van der Waals surface area contributed by atoms with Gasteiger partial charge in [0.2, 0.25) is 5.91 Å². The Bertz CT molecular complexity index is 466. The van der Waals surface area contributed by atoms with Gasteiger partial charge in [-0.3, -0.25) is 9.59 Å². The van der Waals surface area contributed by atoms with Gasteiger partial charge in [0.15, 0.2) is 5.13 Å². The quantitative estimate of drug-likeness (QED) is 0.854. The molecule has 6 nitrogen and oxygen atoms in total. The molecule has 0 radical (unpaired) electrons. The lowest BCUT2D eigenvalue weighted by atomic mass is 9.96. The largest absolute Gasteiger partial charge is 0.375 e. The third-order valence-electron chi connectivity index (χ3n) is 3.25. The van der Waals surface area contributed by atoms with Gasteiger partial charge in [0, 0.05) is 30.9 Å². The maximum atomic E-state index is 12.1. The number of nitrogens with two attached hydrogens (primary N) is 1. The van der Waals surface area contributed by atoms with Gasteiger partial charge in [-0.1, -0.05) is 0 Å². The van der Waals surface area contributed by atoms with Gasteiger partial charge in [-0.2, -0.15) is 0 Å². The van der Waals surface area contributed by atoms with Crippen LogP contribution in [0, 0.1) is 5.92 Å². The summed E-state index contributed by atoms with van der Waals surface area (Å²) < 4.78 is 0. The highest BCUT2D eigenvalue weighted by Gasteiger charge is 2.28. The van der Waals surface area contributed by atoms with Crippen LogP contribution in [0.1, 0.15) is 30.3 Å². The monoisotopic (exact) mass is 282 g/mol. The van der Waals surface area contributed by atoms with Crippen LogP contribution < -0.4 is 11.1 Å². The van der Waals surface area contributed by atoms with Gasteiger partial charge in [-0.05, 0) is 19.8 Å². The first-order valence-corrected chi connectivity index (χ1v) is 7.27. The number of thiazole rings is 1. The molecule has 0 bridgehead atoms. The molecular formula is C12H18N4O2S. The molecular weight excluding hydrogens is 264 g/mol. The number of amides is 2. The van der Waals surface area contributed by atoms with Crippen molar-refractivity contribution in [2.45, 2.75) is 19.8 Å². The molecule has 1 aromatic rings. The number of piperidine rings is 1. The van der Waals surface area contributed by atoms with Crippen LogP contribution in [0.25, 0.3) is 0 Å². The first-order chi connectivity index (χ1) is 9.11. The van der Waals surface area contributed by atoms with Crippen LogP contribution in [0.4, 0.5) is 5.13 Å². The molecule has 0 spiro atoms. The summed E-state index contributed by atoms with van der Waals surface area (Å²) in [6.07, 6.45) is 1.41. The lowest BCUT2D eigenvalue weighted by molar-refractivity contribution is -0.126. The van der Waals surface area contributed by atoms with E-state index in [-0.39, 0.29) is 17.7 Å². The van der Waals surface area contributed by atoms with E-state index in [1.165, 1.54) is 11.3 Å². The number of carbonyl (C=O) groups excluding carboxylic acids is 2. The topological polar surface area (TPSA) is 88.3 Å². The Balaban J connectivity index is 1.89. The van der Waals surface area contributed by atoms with Crippen molar-refractivity contribution in [3.8, 4) is 0 Å². The van der Waals surface area contributed by atoms with Crippen molar-refractivity contribution < 1.29 is 9.59 Å². The second-order valence-electron chi connectivity index (χ2n) is 4.53. The smallest absolute Gasteiger partial charge is 0.273 e. The fourth-order valence-electron chi connectivity index (χ4n) is 2.21. The van der Waals surface area contributed by atoms with Crippen LogP contribution in [0.2, 0.25) is 0 Å². The molecule has 2 amide bonds. The lowest BCUT2D eigenvalue weighted by Gasteiger charge is -2.30. The van der Waals surface area contributed by atoms with Gasteiger partial charge >= 0.3 is 0 Å². The van der Waals surface area contributed by atoms with E-state index < -0.39 is 0 Å². The highest BCUT2D eigenvalue weighted by molar-refractivity contribution is 7.13. The summed E-state index contributed by atoms with van der Waals surface area (Å²) in [4.78, 5) is 29.6. The first-order valence-electron chi connectivity index (χ1n) is 6.39. The number of nitrogens with one attached hydrogen (secondary N) is 1. The van der Waals surface area contributed by atoms with E-state index in [4.69, 9.17) is 5.73 Å². The number of hydrogen-bond donors (Lipinski definition) is 2. The Kier molecular flexibility index (Phi) is 4.36. The summed E-state index contributed by atoms with van der Waals surface area (Å²) >= 11 is 1.26. The van der Waals surface area contributed by atoms with Crippen molar-refractivity contribution in [2.75, 3.05) is 25.4 Å². The van der Waals surface area contributed by atoms with Crippen LogP contribution in [0.15, 0.2) is 5.38 Å². The molecule has 104 valence electrons. The molecule has 2 heterocycles. The molecule has 1 saturated heterocycles. The number of carbonyl (C=O) groups is 2. The van der Waals surface area contributed by atoms with Crippen molar-refractivity contribution in [1.82, 2.24) is 15.2 Å². The molecule has 0 saturated carbocycles. The number of aromatic nitrogens is 1. The Morgan fingerprint density at radius 2 is 2.21 bits per heavy atom. The average molecular weight is 282 g/mol. The van der Waals surface area contributed by atoms with Crippen LogP contribution in [0.3, 0.4) is 0 Å². The maximum absolute atomic E-state index is 12.1. The third-order valence-corrected chi connectivity index (χ3v) is 3.92. The Morgan fingerprint density at radius 1 is 1.53 bits per heavy atom. The number of anilines is 1. The molecule has 2 rings (SSSR count). The third kappa shape index (κ3) is 3.23. The summed E-state index contributed by atoms with van der Waals surface area (Å²) in [6, 6.07) is 0. The number of likely N-dealkylation sites (tertiary alicyclic amines) is 1. The zero-order chi connectivity index (χ0) is 13.8. The molecule has 0 unspecified atom stereocenters. The molecule has 0 atom stereocenters. The van der Waals surface area contributed by atoms with Crippen molar-refractivity contribution in [3.63, 3.8) is 0 Å². The summed E-state index contributed by atoms with van der Waals surface area (Å²) in [5.41, 5.74) is 5.93. The zero-order valence-electron chi connectivity index (χ0n) is 10.9. The van der Waals surface area contributed by atoms with E-state index in [1.54, 1.807) is 10.3 Å². The van der Waals surface area contributed by atoms with E-state index in [2.05, 4.69) is 10.3 Å². The van der Waals surface area contributed by atoms with E-state index in [9.17, 15) is 9.59 Å². The van der Waals surface area contributed by atoms with Gasteiger partial charge in [0.1, 0.15) is 5.69 Å². The van der Waals surface area contributed by atoms with E-state index in [0.29, 0.717) is 43.3 Å². The number of nitrogens with zero attached hydrogens (tertiary/aromatic N) is 2. The fourth-order valence-corrected chi connectivity index (χ4v) is 2.75. The second-order valence-corrected chi connectivity index (χ2v) is 5.42. The minimum absolute atomic E-state index is 0.0181. The normalized spacial score (nSPS) is 16.4. The summed E-state index contributed by atoms with van der Waals surface area (Å²) in [7, 11) is 0. The number of rotatable bonds is 3. The number of hydrogen-bond acceptors (Lipinski definition) is 5. The lowest BCUT2D eigenvalue weighted by Crippen LogP contribution is -2.43. The molecule has 1 aliphatic heterocycles. The van der Waals surface area contributed by atoms with Crippen molar-refractivity contribution in [1.29, 1.82) is 0 Å². The molecule has 1 aliphatic rings. The summed E-state index contributed by atoms with van der Waals surface area (Å²) in [5.74, 6) is 0.0132. The highest BCUT2D eigenvalue weighted by atomic mass is 32.1. The van der Waals surface area contributed by atoms with Crippen LogP contribution in [-0.4, -0.2) is 41.3 Å². The number of nitrogen functional groups attached to an aromatic ring is 1. The van der Waals surface area contributed by atoms with Gasteiger partial charge in [-0.25, -0.2) is 4.98 Å². The van der Waals surface area contributed by atoms with Gasteiger partial charge in [-0.15, -0.1) is 11.3 Å². The molecule has 3 N–H and O–H groups in total. The predicted molar refractivity (Wildman–Crippen MR) is 73.8 cm³/mol. The van der Waals surface area contributed by atoms with Gasteiger partial charge in [0.05, 0.1) is 0 Å². The first kappa shape index (κ1) is 13.8. The maximum Gasteiger partial charge on any atom is 0.273 e. The molecule has 0 aliphatic carbocycles. The van der Waals surface area contributed by atoms with Crippen LogP contribution in [-0.2, 0) is 4.79 Å². The summed E-state index contributed by atoms with van der Waals surface area (Å²) in [6.45, 7) is 3.75. The second kappa shape index (κ2) is 6.01. The minimum atomic E-state index is -0.0951. The van der Waals surface area contributed by atoms with Crippen molar-refractivity contribution >= 4 is 28.3 Å². The molecule has 1 aromatic heterocycles. The summed E-state index contributed by atoms with van der Waals surface area (Å²) in [5, 5.41) is 4.90. The zero-order valence-corrected chi connectivity index (χ0v) is 11.7.